The normalized spacial score (nSPS) is 12.9. The van der Waals surface area contributed by atoms with E-state index in [1.54, 1.807) is 0 Å². The molecular formula is C18H16F3NO5S. The highest BCUT2D eigenvalue weighted by Crippen LogP contribution is 2.29. The minimum absolute atomic E-state index is 0.125. The van der Waals surface area contributed by atoms with E-state index >= 15 is 0 Å². The van der Waals surface area contributed by atoms with Crippen LogP contribution in [0.1, 0.15) is 33.2 Å². The highest BCUT2D eigenvalue weighted by Gasteiger charge is 2.30. The molecule has 0 unspecified atom stereocenters. The van der Waals surface area contributed by atoms with Gasteiger partial charge in [-0.05, 0) is 55.5 Å². The van der Waals surface area contributed by atoms with E-state index < -0.39 is 39.6 Å². The van der Waals surface area contributed by atoms with Crippen LogP contribution in [0, 0.1) is 0 Å². The van der Waals surface area contributed by atoms with Crippen molar-refractivity contribution in [2.24, 2.45) is 0 Å². The second kappa shape index (κ2) is 8.01. The van der Waals surface area contributed by atoms with Gasteiger partial charge in [-0.3, -0.25) is 9.52 Å². The SMILES string of the molecule is C[C@H](OC(=O)c1ccc(C(F)(F)F)cc1)C(=O)c1ccc(NS(C)(=O)=O)cc1. The molecule has 0 aliphatic carbocycles. The van der Waals surface area contributed by atoms with Gasteiger partial charge in [0.2, 0.25) is 15.8 Å². The van der Waals surface area contributed by atoms with Crippen molar-refractivity contribution in [2.45, 2.75) is 19.2 Å². The first-order valence-electron chi connectivity index (χ1n) is 7.87. The van der Waals surface area contributed by atoms with E-state index in [1.165, 1.54) is 31.2 Å². The molecule has 150 valence electrons. The summed E-state index contributed by atoms with van der Waals surface area (Å²) < 4.78 is 67.2. The van der Waals surface area contributed by atoms with Crippen LogP contribution in [-0.2, 0) is 20.9 Å². The first-order chi connectivity index (χ1) is 12.9. The Labute approximate surface area is 159 Å². The number of esters is 1. The van der Waals surface area contributed by atoms with Crippen molar-refractivity contribution in [3.05, 3.63) is 65.2 Å². The molecule has 0 saturated heterocycles. The molecule has 1 N–H and O–H groups in total. The van der Waals surface area contributed by atoms with E-state index in [2.05, 4.69) is 4.72 Å². The molecule has 0 aliphatic heterocycles. The van der Waals surface area contributed by atoms with Crippen LogP contribution in [0.3, 0.4) is 0 Å². The fourth-order valence-corrected chi connectivity index (χ4v) is 2.79. The predicted molar refractivity (Wildman–Crippen MR) is 95.6 cm³/mol. The molecule has 0 aromatic heterocycles. The summed E-state index contributed by atoms with van der Waals surface area (Å²) >= 11 is 0. The summed E-state index contributed by atoms with van der Waals surface area (Å²) in [7, 11) is -3.46. The van der Waals surface area contributed by atoms with Gasteiger partial charge in [0.05, 0.1) is 17.4 Å². The first kappa shape index (κ1) is 21.4. The lowest BCUT2D eigenvalue weighted by atomic mass is 10.1. The average Bonchev–Trinajstić information content (AvgIpc) is 2.59. The first-order valence-corrected chi connectivity index (χ1v) is 9.76. The number of benzene rings is 2. The average molecular weight is 415 g/mol. The summed E-state index contributed by atoms with van der Waals surface area (Å²) in [5.41, 5.74) is -0.600. The van der Waals surface area contributed by atoms with Crippen molar-refractivity contribution < 1.29 is 35.9 Å². The Hall–Kier alpha value is -2.88. The minimum Gasteiger partial charge on any atom is -0.451 e. The quantitative estimate of drug-likeness (QED) is 0.576. The number of halogens is 3. The number of ketones is 1. The molecule has 0 fully saturated rings. The van der Waals surface area contributed by atoms with Gasteiger partial charge in [0, 0.05) is 11.3 Å². The molecule has 2 rings (SSSR count). The molecule has 10 heteroatoms. The third-order valence-electron chi connectivity index (χ3n) is 3.57. The Kier molecular flexibility index (Phi) is 6.13. The monoisotopic (exact) mass is 415 g/mol. The molecule has 0 saturated carbocycles. The Morgan fingerprint density at radius 1 is 0.964 bits per heavy atom. The van der Waals surface area contributed by atoms with Crippen LogP contribution in [0.2, 0.25) is 0 Å². The molecule has 6 nitrogen and oxygen atoms in total. The number of hydrogen-bond acceptors (Lipinski definition) is 5. The van der Waals surface area contributed by atoms with Gasteiger partial charge in [-0.25, -0.2) is 13.2 Å². The zero-order valence-electron chi connectivity index (χ0n) is 14.8. The Balaban J connectivity index is 2.04. The highest BCUT2D eigenvalue weighted by atomic mass is 32.2. The summed E-state index contributed by atoms with van der Waals surface area (Å²) in [4.78, 5) is 24.4. The summed E-state index contributed by atoms with van der Waals surface area (Å²) in [5.74, 6) is -1.49. The second-order valence-corrected chi connectivity index (χ2v) is 7.69. The van der Waals surface area contributed by atoms with Gasteiger partial charge >= 0.3 is 12.1 Å². The van der Waals surface area contributed by atoms with Crippen LogP contribution < -0.4 is 4.72 Å². The van der Waals surface area contributed by atoms with Crippen molar-refractivity contribution in [3.8, 4) is 0 Å². The third kappa shape index (κ3) is 5.81. The number of ether oxygens (including phenoxy) is 1. The lowest BCUT2D eigenvalue weighted by Crippen LogP contribution is -2.24. The van der Waals surface area contributed by atoms with Crippen molar-refractivity contribution in [3.63, 3.8) is 0 Å². The van der Waals surface area contributed by atoms with Gasteiger partial charge in [-0.1, -0.05) is 0 Å². The zero-order chi connectivity index (χ0) is 21.1. The number of sulfonamides is 1. The number of hydrogen-bond donors (Lipinski definition) is 1. The number of alkyl halides is 3. The number of anilines is 1. The summed E-state index contributed by atoms with van der Waals surface area (Å²) in [6.07, 6.45) is -4.73. The molecule has 0 amide bonds. The number of carbonyl (C=O) groups is 2. The summed E-state index contributed by atoms with van der Waals surface area (Å²) in [6.45, 7) is 1.33. The van der Waals surface area contributed by atoms with E-state index in [4.69, 9.17) is 4.74 Å². The van der Waals surface area contributed by atoms with E-state index in [0.717, 1.165) is 30.5 Å². The second-order valence-electron chi connectivity index (χ2n) is 5.94. The lowest BCUT2D eigenvalue weighted by Gasteiger charge is -2.13. The summed E-state index contributed by atoms with van der Waals surface area (Å²) in [5, 5.41) is 0. The van der Waals surface area contributed by atoms with Gasteiger partial charge in [0.15, 0.2) is 6.10 Å². The lowest BCUT2D eigenvalue weighted by molar-refractivity contribution is -0.137. The van der Waals surface area contributed by atoms with Crippen LogP contribution in [0.25, 0.3) is 0 Å². The van der Waals surface area contributed by atoms with Gasteiger partial charge in [0.25, 0.3) is 0 Å². The van der Waals surface area contributed by atoms with Crippen molar-refractivity contribution in [1.29, 1.82) is 0 Å². The molecule has 0 radical (unpaired) electrons. The van der Waals surface area contributed by atoms with Crippen LogP contribution in [0.15, 0.2) is 48.5 Å². The van der Waals surface area contributed by atoms with Gasteiger partial charge in [0.1, 0.15) is 0 Å². The molecule has 0 spiro atoms. The van der Waals surface area contributed by atoms with E-state index in [0.29, 0.717) is 0 Å². The number of rotatable bonds is 6. The van der Waals surface area contributed by atoms with Crippen LogP contribution in [-0.4, -0.2) is 32.5 Å². The molecule has 0 aliphatic rings. The standard InChI is InChI=1S/C18H16F3NO5S/c1-11(16(23)12-5-9-15(10-6-12)22-28(2,25)26)27-17(24)13-3-7-14(8-4-13)18(19,20)21/h3-11,22H,1-2H3/t11-/m0/s1. The van der Waals surface area contributed by atoms with E-state index in [9.17, 15) is 31.2 Å². The fraction of sp³-hybridized carbons (Fsp3) is 0.222. The molecular weight excluding hydrogens is 399 g/mol. The van der Waals surface area contributed by atoms with Crippen LogP contribution in [0.5, 0.6) is 0 Å². The molecule has 0 heterocycles. The van der Waals surface area contributed by atoms with E-state index in [1.807, 2.05) is 0 Å². The number of Topliss-reactive ketones (excluding diaryl/α,β-unsaturated/α-hetero) is 1. The number of carbonyl (C=O) groups excluding carboxylic acids is 2. The zero-order valence-corrected chi connectivity index (χ0v) is 15.6. The smallest absolute Gasteiger partial charge is 0.416 e. The molecule has 1 atom stereocenters. The maximum atomic E-state index is 12.5. The molecule has 0 bridgehead atoms. The third-order valence-corrected chi connectivity index (χ3v) is 4.18. The minimum atomic E-state index is -4.52. The van der Waals surface area contributed by atoms with Crippen molar-refractivity contribution in [1.82, 2.24) is 0 Å². The Bertz CT molecular complexity index is 968. The van der Waals surface area contributed by atoms with E-state index in [-0.39, 0.29) is 16.8 Å². The maximum absolute atomic E-state index is 12.5. The van der Waals surface area contributed by atoms with Crippen molar-refractivity contribution in [2.75, 3.05) is 11.0 Å². The predicted octanol–water partition coefficient (Wildman–Crippen LogP) is 3.51. The van der Waals surface area contributed by atoms with Gasteiger partial charge < -0.3 is 4.74 Å². The molecule has 2 aromatic rings. The highest BCUT2D eigenvalue weighted by molar-refractivity contribution is 7.92. The Morgan fingerprint density at radius 2 is 1.46 bits per heavy atom. The van der Waals surface area contributed by atoms with Crippen LogP contribution >= 0.6 is 0 Å². The van der Waals surface area contributed by atoms with Crippen LogP contribution in [0.4, 0.5) is 18.9 Å². The number of nitrogens with one attached hydrogen (secondary N) is 1. The summed E-state index contributed by atoms with van der Waals surface area (Å²) in [6, 6.07) is 8.89. The largest absolute Gasteiger partial charge is 0.451 e. The van der Waals surface area contributed by atoms with Crippen molar-refractivity contribution >= 4 is 27.5 Å². The molecule has 2 aromatic carbocycles. The maximum Gasteiger partial charge on any atom is 0.416 e. The fourth-order valence-electron chi connectivity index (χ4n) is 2.23. The Morgan fingerprint density at radius 3 is 1.93 bits per heavy atom. The topological polar surface area (TPSA) is 89.5 Å². The molecule has 28 heavy (non-hydrogen) atoms. The van der Waals surface area contributed by atoms with Gasteiger partial charge in [-0.2, -0.15) is 13.2 Å². The van der Waals surface area contributed by atoms with Gasteiger partial charge in [-0.15, -0.1) is 0 Å².